The van der Waals surface area contributed by atoms with Gasteiger partial charge in [0, 0.05) is 25.2 Å². The van der Waals surface area contributed by atoms with E-state index in [9.17, 15) is 4.79 Å². The Balaban J connectivity index is 2.09. The number of benzene rings is 1. The highest BCUT2D eigenvalue weighted by Crippen LogP contribution is 2.31. The van der Waals surface area contributed by atoms with Crippen LogP contribution in [0.5, 0.6) is 5.75 Å². The van der Waals surface area contributed by atoms with Crippen LogP contribution in [0.25, 0.3) is 0 Å². The van der Waals surface area contributed by atoms with Crippen molar-refractivity contribution in [2.24, 2.45) is 0 Å². The second-order valence-corrected chi connectivity index (χ2v) is 4.84. The largest absolute Gasteiger partial charge is 0.497 e. The third-order valence-corrected chi connectivity index (χ3v) is 3.26. The molecule has 0 unspecified atom stereocenters. The molecule has 0 aliphatic carbocycles. The fourth-order valence-electron chi connectivity index (χ4n) is 2.22. The van der Waals surface area contributed by atoms with Crippen LogP contribution in [0, 0.1) is 0 Å². The number of nitrogens with zero attached hydrogens (tertiary/aromatic N) is 2. The third-order valence-electron chi connectivity index (χ3n) is 3.26. The molecule has 0 radical (unpaired) electrons. The first-order valence-corrected chi connectivity index (χ1v) is 6.24. The van der Waals surface area contributed by atoms with Crippen LogP contribution >= 0.6 is 0 Å². The molecule has 0 saturated carbocycles. The Morgan fingerprint density at radius 2 is 2.22 bits per heavy atom. The minimum atomic E-state index is 0.201. The molecule has 0 atom stereocenters. The van der Waals surface area contributed by atoms with Gasteiger partial charge < -0.3 is 14.5 Å². The Morgan fingerprint density at radius 1 is 1.44 bits per heavy atom. The molecule has 2 rings (SSSR count). The molecule has 0 aromatic heterocycles. The summed E-state index contributed by atoms with van der Waals surface area (Å²) in [5, 5.41) is 0. The molecule has 1 amide bonds. The Labute approximate surface area is 108 Å². The van der Waals surface area contributed by atoms with Crippen molar-refractivity contribution >= 4 is 11.6 Å². The van der Waals surface area contributed by atoms with Gasteiger partial charge in [0.25, 0.3) is 0 Å². The van der Waals surface area contributed by atoms with Gasteiger partial charge in [-0.2, -0.15) is 0 Å². The lowest BCUT2D eigenvalue weighted by Crippen LogP contribution is -2.31. The van der Waals surface area contributed by atoms with E-state index >= 15 is 0 Å². The summed E-state index contributed by atoms with van der Waals surface area (Å²) < 4.78 is 5.20. The molecular weight excluding hydrogens is 228 g/mol. The van der Waals surface area contributed by atoms with Crippen molar-refractivity contribution in [2.45, 2.75) is 12.8 Å². The number of hydrogen-bond donors (Lipinski definition) is 0. The van der Waals surface area contributed by atoms with Gasteiger partial charge in [-0.1, -0.05) is 0 Å². The summed E-state index contributed by atoms with van der Waals surface area (Å²) in [7, 11) is 5.63. The number of carbonyl (C=O) groups excluding carboxylic acids is 1. The van der Waals surface area contributed by atoms with Crippen molar-refractivity contribution < 1.29 is 9.53 Å². The van der Waals surface area contributed by atoms with Crippen LogP contribution in [0.3, 0.4) is 0 Å². The Bertz CT molecular complexity index is 443. The van der Waals surface area contributed by atoms with Crippen LogP contribution < -0.4 is 9.64 Å². The van der Waals surface area contributed by atoms with Crippen molar-refractivity contribution in [3.63, 3.8) is 0 Å². The quantitative estimate of drug-likeness (QED) is 0.810. The molecule has 1 aliphatic rings. The van der Waals surface area contributed by atoms with E-state index < -0.39 is 0 Å². The molecule has 98 valence electrons. The molecule has 0 spiro atoms. The fourth-order valence-corrected chi connectivity index (χ4v) is 2.22. The molecule has 0 saturated heterocycles. The van der Waals surface area contributed by atoms with Crippen LogP contribution in [-0.4, -0.2) is 45.1 Å². The fraction of sp³-hybridized carbons (Fsp3) is 0.500. The van der Waals surface area contributed by atoms with Crippen LogP contribution in [0.4, 0.5) is 5.69 Å². The van der Waals surface area contributed by atoms with Crippen LogP contribution in [0.15, 0.2) is 18.2 Å². The lowest BCUT2D eigenvalue weighted by Gasteiger charge is -2.18. The summed E-state index contributed by atoms with van der Waals surface area (Å²) >= 11 is 0. The van der Waals surface area contributed by atoms with Crippen LogP contribution in [0.1, 0.15) is 12.0 Å². The first kappa shape index (κ1) is 12.9. The van der Waals surface area contributed by atoms with Crippen molar-refractivity contribution in [3.05, 3.63) is 23.8 Å². The monoisotopic (exact) mass is 248 g/mol. The van der Waals surface area contributed by atoms with Crippen molar-refractivity contribution in [3.8, 4) is 5.75 Å². The van der Waals surface area contributed by atoms with E-state index in [4.69, 9.17) is 4.74 Å². The number of fused-ring (bicyclic) bond motifs is 1. The van der Waals surface area contributed by atoms with E-state index in [0.29, 0.717) is 6.42 Å². The summed E-state index contributed by atoms with van der Waals surface area (Å²) in [5.74, 6) is 1.06. The molecule has 1 aliphatic heterocycles. The molecule has 0 bridgehead atoms. The molecule has 4 heteroatoms. The number of methoxy groups -OCH3 is 1. The standard InChI is InChI=1S/C14H20N2O2/c1-15(2)8-7-14(17)16-9-6-11-10-12(18-3)4-5-13(11)16/h4-5,10H,6-9H2,1-3H3. The Kier molecular flexibility index (Phi) is 3.87. The predicted octanol–water partition coefficient (Wildman–Crippen LogP) is 1.54. The number of rotatable bonds is 4. The molecule has 1 aromatic carbocycles. The normalized spacial score (nSPS) is 13.9. The first-order chi connectivity index (χ1) is 8.61. The van der Waals surface area contributed by atoms with E-state index in [-0.39, 0.29) is 5.91 Å². The molecule has 18 heavy (non-hydrogen) atoms. The highest BCUT2D eigenvalue weighted by Gasteiger charge is 2.24. The van der Waals surface area contributed by atoms with Gasteiger partial charge in [-0.3, -0.25) is 4.79 Å². The molecule has 4 nitrogen and oxygen atoms in total. The average molecular weight is 248 g/mol. The maximum atomic E-state index is 12.1. The first-order valence-electron chi connectivity index (χ1n) is 6.24. The summed E-state index contributed by atoms with van der Waals surface area (Å²) in [4.78, 5) is 16.1. The highest BCUT2D eigenvalue weighted by molar-refractivity contribution is 5.95. The zero-order chi connectivity index (χ0) is 13.1. The maximum Gasteiger partial charge on any atom is 0.228 e. The predicted molar refractivity (Wildman–Crippen MR) is 72.2 cm³/mol. The highest BCUT2D eigenvalue weighted by atomic mass is 16.5. The maximum absolute atomic E-state index is 12.1. The molecule has 0 fully saturated rings. The number of carbonyl (C=O) groups is 1. The summed E-state index contributed by atoms with van der Waals surface area (Å²) in [6.45, 7) is 1.58. The van der Waals surface area contributed by atoms with E-state index in [1.54, 1.807) is 7.11 Å². The van der Waals surface area contributed by atoms with Gasteiger partial charge in [-0.15, -0.1) is 0 Å². The van der Waals surface area contributed by atoms with Crippen molar-refractivity contribution in [1.82, 2.24) is 4.90 Å². The zero-order valence-electron chi connectivity index (χ0n) is 11.3. The summed E-state index contributed by atoms with van der Waals surface area (Å²) in [6, 6.07) is 5.92. The van der Waals surface area contributed by atoms with E-state index in [0.717, 1.165) is 30.9 Å². The number of anilines is 1. The molecule has 1 heterocycles. The topological polar surface area (TPSA) is 32.8 Å². The lowest BCUT2D eigenvalue weighted by molar-refractivity contribution is -0.118. The van der Waals surface area contributed by atoms with E-state index in [1.807, 2.05) is 42.1 Å². The van der Waals surface area contributed by atoms with Gasteiger partial charge in [0.1, 0.15) is 5.75 Å². The number of amides is 1. The van der Waals surface area contributed by atoms with Gasteiger partial charge in [0.15, 0.2) is 0 Å². The van der Waals surface area contributed by atoms with Gasteiger partial charge in [-0.05, 0) is 44.3 Å². The van der Waals surface area contributed by atoms with Gasteiger partial charge in [0.2, 0.25) is 5.91 Å². The summed E-state index contributed by atoms with van der Waals surface area (Å²) in [5.41, 5.74) is 2.24. The number of hydrogen-bond acceptors (Lipinski definition) is 3. The molecule has 1 aromatic rings. The molecular formula is C14H20N2O2. The minimum absolute atomic E-state index is 0.201. The van der Waals surface area contributed by atoms with Crippen LogP contribution in [-0.2, 0) is 11.2 Å². The van der Waals surface area contributed by atoms with E-state index in [1.165, 1.54) is 5.56 Å². The average Bonchev–Trinajstić information content (AvgIpc) is 2.78. The van der Waals surface area contributed by atoms with Crippen molar-refractivity contribution in [1.29, 1.82) is 0 Å². The minimum Gasteiger partial charge on any atom is -0.497 e. The van der Waals surface area contributed by atoms with E-state index in [2.05, 4.69) is 0 Å². The van der Waals surface area contributed by atoms with Gasteiger partial charge in [0.05, 0.1) is 7.11 Å². The Hall–Kier alpha value is -1.55. The Morgan fingerprint density at radius 3 is 2.89 bits per heavy atom. The van der Waals surface area contributed by atoms with Crippen LogP contribution in [0.2, 0.25) is 0 Å². The number of ether oxygens (including phenoxy) is 1. The molecule has 0 N–H and O–H groups in total. The zero-order valence-corrected chi connectivity index (χ0v) is 11.3. The van der Waals surface area contributed by atoms with Gasteiger partial charge in [-0.25, -0.2) is 0 Å². The second kappa shape index (κ2) is 5.40. The smallest absolute Gasteiger partial charge is 0.228 e. The third kappa shape index (κ3) is 2.64. The lowest BCUT2D eigenvalue weighted by atomic mass is 10.1. The summed E-state index contributed by atoms with van der Waals surface area (Å²) in [6.07, 6.45) is 1.48. The SMILES string of the molecule is COc1ccc2c(c1)CCN2C(=O)CCN(C)C. The second-order valence-electron chi connectivity index (χ2n) is 4.84. The van der Waals surface area contributed by atoms with Crippen molar-refractivity contribution in [2.75, 3.05) is 39.2 Å². The van der Waals surface area contributed by atoms with Gasteiger partial charge >= 0.3 is 0 Å².